The van der Waals surface area contributed by atoms with Crippen LogP contribution in [0.5, 0.6) is 0 Å². The molecule has 0 saturated carbocycles. The summed E-state index contributed by atoms with van der Waals surface area (Å²) < 4.78 is 1.19. The van der Waals surface area contributed by atoms with Crippen LogP contribution in [0.1, 0.15) is 24.3 Å². The molecular formula is C11H13BrN. The third-order valence-corrected chi connectivity index (χ3v) is 3.08. The second kappa shape index (κ2) is 4.25. The summed E-state index contributed by atoms with van der Waals surface area (Å²) in [5, 5.41) is 4.36. The Hall–Kier alpha value is -0.340. The molecular weight excluding hydrogens is 226 g/mol. The third kappa shape index (κ3) is 2.32. The highest BCUT2D eigenvalue weighted by Crippen LogP contribution is 2.27. The van der Waals surface area contributed by atoms with Gasteiger partial charge in [-0.05, 0) is 36.5 Å². The molecule has 1 radical (unpaired) electrons. The van der Waals surface area contributed by atoms with Gasteiger partial charge in [0.1, 0.15) is 0 Å². The SMILES string of the molecule is Brc1cccc(C2CC[N]CC2)c1. The Balaban J connectivity index is 2.14. The molecule has 1 fully saturated rings. The van der Waals surface area contributed by atoms with Gasteiger partial charge >= 0.3 is 0 Å². The summed E-state index contributed by atoms with van der Waals surface area (Å²) >= 11 is 3.51. The van der Waals surface area contributed by atoms with Crippen LogP contribution >= 0.6 is 15.9 Å². The van der Waals surface area contributed by atoms with Crippen LogP contribution in [0.4, 0.5) is 0 Å². The molecule has 1 saturated heterocycles. The zero-order chi connectivity index (χ0) is 9.10. The van der Waals surface area contributed by atoms with E-state index in [0.717, 1.165) is 19.0 Å². The highest BCUT2D eigenvalue weighted by Gasteiger charge is 2.15. The normalized spacial score (nSPS) is 18.8. The number of hydrogen-bond acceptors (Lipinski definition) is 0. The molecule has 0 N–H and O–H groups in total. The van der Waals surface area contributed by atoms with Gasteiger partial charge in [-0.25, -0.2) is 5.32 Å². The molecule has 1 aliphatic heterocycles. The maximum atomic E-state index is 4.36. The molecule has 1 heterocycles. The predicted molar refractivity (Wildman–Crippen MR) is 58.0 cm³/mol. The molecule has 1 nitrogen and oxygen atoms in total. The average Bonchev–Trinajstić information content (AvgIpc) is 2.19. The van der Waals surface area contributed by atoms with Crippen LogP contribution in [-0.2, 0) is 0 Å². The van der Waals surface area contributed by atoms with Gasteiger partial charge in [0.25, 0.3) is 0 Å². The van der Waals surface area contributed by atoms with Gasteiger partial charge in [-0.15, -0.1) is 0 Å². The lowest BCUT2D eigenvalue weighted by Gasteiger charge is -2.21. The Morgan fingerprint density at radius 2 is 2.00 bits per heavy atom. The minimum absolute atomic E-state index is 0.731. The van der Waals surface area contributed by atoms with Crippen molar-refractivity contribution in [1.29, 1.82) is 0 Å². The minimum Gasteiger partial charge on any atom is -0.242 e. The lowest BCUT2D eigenvalue weighted by Crippen LogP contribution is -2.20. The van der Waals surface area contributed by atoms with Crippen molar-refractivity contribution in [3.63, 3.8) is 0 Å². The van der Waals surface area contributed by atoms with E-state index in [0.29, 0.717) is 0 Å². The van der Waals surface area contributed by atoms with Crippen molar-refractivity contribution in [2.75, 3.05) is 13.1 Å². The fraction of sp³-hybridized carbons (Fsp3) is 0.455. The zero-order valence-corrected chi connectivity index (χ0v) is 9.13. The Morgan fingerprint density at radius 3 is 2.69 bits per heavy atom. The summed E-state index contributed by atoms with van der Waals surface area (Å²) in [4.78, 5) is 0. The topological polar surface area (TPSA) is 14.1 Å². The Bertz CT molecular complexity index is 279. The van der Waals surface area contributed by atoms with Crippen molar-refractivity contribution in [2.45, 2.75) is 18.8 Å². The fourth-order valence-corrected chi connectivity index (χ4v) is 2.26. The molecule has 13 heavy (non-hydrogen) atoms. The first-order valence-corrected chi connectivity index (χ1v) is 5.54. The van der Waals surface area contributed by atoms with Crippen LogP contribution in [0.25, 0.3) is 0 Å². The average molecular weight is 239 g/mol. The quantitative estimate of drug-likeness (QED) is 0.715. The summed E-state index contributed by atoms with van der Waals surface area (Å²) in [5.41, 5.74) is 1.46. The van der Waals surface area contributed by atoms with Crippen molar-refractivity contribution < 1.29 is 0 Å². The zero-order valence-electron chi connectivity index (χ0n) is 7.54. The number of benzene rings is 1. The molecule has 1 aliphatic rings. The molecule has 1 aromatic rings. The largest absolute Gasteiger partial charge is 0.242 e. The molecule has 0 bridgehead atoms. The van der Waals surface area contributed by atoms with Crippen LogP contribution in [-0.4, -0.2) is 13.1 Å². The maximum absolute atomic E-state index is 4.36. The van der Waals surface area contributed by atoms with Gasteiger partial charge in [0.2, 0.25) is 0 Å². The van der Waals surface area contributed by atoms with E-state index in [4.69, 9.17) is 0 Å². The van der Waals surface area contributed by atoms with Crippen molar-refractivity contribution in [3.8, 4) is 0 Å². The van der Waals surface area contributed by atoms with Crippen molar-refractivity contribution in [3.05, 3.63) is 34.3 Å². The fourth-order valence-electron chi connectivity index (χ4n) is 1.84. The van der Waals surface area contributed by atoms with Gasteiger partial charge in [0, 0.05) is 17.6 Å². The van der Waals surface area contributed by atoms with Gasteiger partial charge in [0.05, 0.1) is 0 Å². The van der Waals surface area contributed by atoms with E-state index < -0.39 is 0 Å². The second-order valence-corrected chi connectivity index (χ2v) is 4.42. The standard InChI is InChI=1S/C11H13BrN/c12-11-3-1-2-10(8-11)9-4-6-13-7-5-9/h1-3,8-9H,4-7H2. The Labute approximate surface area is 87.7 Å². The summed E-state index contributed by atoms with van der Waals surface area (Å²) in [6.07, 6.45) is 2.44. The van der Waals surface area contributed by atoms with E-state index in [1.807, 2.05) is 0 Å². The molecule has 0 aromatic heterocycles. The van der Waals surface area contributed by atoms with Crippen molar-refractivity contribution >= 4 is 15.9 Å². The van der Waals surface area contributed by atoms with Gasteiger partial charge in [-0.3, -0.25) is 0 Å². The molecule has 2 rings (SSSR count). The van der Waals surface area contributed by atoms with E-state index in [9.17, 15) is 0 Å². The molecule has 2 heteroatoms. The third-order valence-electron chi connectivity index (χ3n) is 2.59. The van der Waals surface area contributed by atoms with E-state index >= 15 is 0 Å². The molecule has 69 valence electrons. The summed E-state index contributed by atoms with van der Waals surface area (Å²) in [6.45, 7) is 2.08. The highest BCUT2D eigenvalue weighted by molar-refractivity contribution is 9.10. The van der Waals surface area contributed by atoms with E-state index in [-0.39, 0.29) is 0 Å². The number of nitrogens with zero attached hydrogens (tertiary/aromatic N) is 1. The minimum atomic E-state index is 0.731. The van der Waals surface area contributed by atoms with Crippen molar-refractivity contribution in [2.24, 2.45) is 0 Å². The lowest BCUT2D eigenvalue weighted by atomic mass is 9.90. The maximum Gasteiger partial charge on any atom is 0.0178 e. The molecule has 0 amide bonds. The van der Waals surface area contributed by atoms with Crippen LogP contribution in [0, 0.1) is 0 Å². The van der Waals surface area contributed by atoms with E-state index in [2.05, 4.69) is 45.5 Å². The van der Waals surface area contributed by atoms with E-state index in [1.165, 1.54) is 22.9 Å². The van der Waals surface area contributed by atoms with Gasteiger partial charge in [-0.1, -0.05) is 28.1 Å². The lowest BCUT2D eigenvalue weighted by molar-refractivity contribution is 0.453. The Kier molecular flexibility index (Phi) is 3.01. The van der Waals surface area contributed by atoms with Crippen LogP contribution in [0.15, 0.2) is 28.7 Å². The number of rotatable bonds is 1. The van der Waals surface area contributed by atoms with Gasteiger partial charge in [-0.2, -0.15) is 0 Å². The second-order valence-electron chi connectivity index (χ2n) is 3.50. The first-order valence-electron chi connectivity index (χ1n) is 4.75. The number of halogens is 1. The van der Waals surface area contributed by atoms with Crippen LogP contribution in [0.2, 0.25) is 0 Å². The molecule has 1 aromatic carbocycles. The van der Waals surface area contributed by atoms with Gasteiger partial charge < -0.3 is 0 Å². The van der Waals surface area contributed by atoms with Crippen molar-refractivity contribution in [1.82, 2.24) is 5.32 Å². The first kappa shape index (κ1) is 9.22. The molecule has 0 atom stereocenters. The molecule has 0 spiro atoms. The smallest absolute Gasteiger partial charge is 0.0178 e. The number of hydrogen-bond donors (Lipinski definition) is 0. The Morgan fingerprint density at radius 1 is 1.23 bits per heavy atom. The molecule has 0 unspecified atom stereocenters. The predicted octanol–water partition coefficient (Wildman–Crippen LogP) is 2.93. The van der Waals surface area contributed by atoms with E-state index in [1.54, 1.807) is 0 Å². The summed E-state index contributed by atoms with van der Waals surface area (Å²) in [7, 11) is 0. The monoisotopic (exact) mass is 238 g/mol. The van der Waals surface area contributed by atoms with Crippen LogP contribution in [0.3, 0.4) is 0 Å². The highest BCUT2D eigenvalue weighted by atomic mass is 79.9. The molecule has 0 aliphatic carbocycles. The number of piperidine rings is 1. The van der Waals surface area contributed by atoms with Crippen LogP contribution < -0.4 is 5.32 Å². The van der Waals surface area contributed by atoms with Gasteiger partial charge in [0.15, 0.2) is 0 Å². The first-order chi connectivity index (χ1) is 6.36. The summed E-state index contributed by atoms with van der Waals surface area (Å²) in [6, 6.07) is 8.65. The summed E-state index contributed by atoms with van der Waals surface area (Å²) in [5.74, 6) is 0.731.